The molecular formula is C20H23N3O5S. The van der Waals surface area contributed by atoms with E-state index in [9.17, 15) is 18.0 Å². The van der Waals surface area contributed by atoms with Crippen molar-refractivity contribution in [3.8, 4) is 5.75 Å². The molecule has 0 aromatic heterocycles. The molecule has 3 amide bonds. The van der Waals surface area contributed by atoms with Crippen molar-refractivity contribution in [3.63, 3.8) is 0 Å². The Morgan fingerprint density at radius 3 is 2.24 bits per heavy atom. The molecule has 8 nitrogen and oxygen atoms in total. The van der Waals surface area contributed by atoms with Crippen LogP contribution in [0.25, 0.3) is 0 Å². The van der Waals surface area contributed by atoms with Gasteiger partial charge in [-0.1, -0.05) is 30.3 Å². The van der Waals surface area contributed by atoms with Gasteiger partial charge in [0.2, 0.25) is 10.0 Å². The number of benzene rings is 2. The van der Waals surface area contributed by atoms with Crippen LogP contribution in [0.2, 0.25) is 0 Å². The van der Waals surface area contributed by atoms with E-state index in [1.54, 1.807) is 19.1 Å². The maximum absolute atomic E-state index is 12.8. The van der Waals surface area contributed by atoms with E-state index in [2.05, 4.69) is 5.32 Å². The summed E-state index contributed by atoms with van der Waals surface area (Å²) in [5, 5.41) is 2.74. The third-order valence-corrected chi connectivity index (χ3v) is 6.64. The lowest BCUT2D eigenvalue weighted by Crippen LogP contribution is -2.41. The molecule has 0 aliphatic carbocycles. The summed E-state index contributed by atoms with van der Waals surface area (Å²) in [6.45, 7) is 1.84. The number of sulfonamides is 1. The fraction of sp³-hybridized carbons (Fsp3) is 0.300. The molecule has 1 fully saturated rings. The topological polar surface area (TPSA) is 96.0 Å². The number of ether oxygens (including phenoxy) is 1. The third-order valence-electron chi connectivity index (χ3n) is 4.81. The number of urea groups is 1. The summed E-state index contributed by atoms with van der Waals surface area (Å²) >= 11 is 0. The van der Waals surface area contributed by atoms with Crippen LogP contribution in [-0.4, -0.2) is 56.8 Å². The van der Waals surface area contributed by atoms with E-state index in [-0.39, 0.29) is 24.0 Å². The number of carbonyl (C=O) groups is 2. The highest BCUT2D eigenvalue weighted by atomic mass is 32.2. The van der Waals surface area contributed by atoms with Crippen molar-refractivity contribution in [2.45, 2.75) is 17.4 Å². The standard InChI is InChI=1S/C20H23N3O5S/c1-20(15-7-5-4-6-8-15)18(24)23(19(25)21-20)13-14-28-16-9-11-17(12-10-16)29(26,27)22(2)3/h4-12H,13-14H2,1-3H3,(H,21,25). The minimum Gasteiger partial charge on any atom is -0.492 e. The predicted octanol–water partition coefficient (Wildman–Crippen LogP) is 1.78. The van der Waals surface area contributed by atoms with Crippen LogP contribution in [0, 0.1) is 0 Å². The van der Waals surface area contributed by atoms with Crippen LogP contribution in [0.15, 0.2) is 59.5 Å². The van der Waals surface area contributed by atoms with Crippen molar-refractivity contribution in [2.24, 2.45) is 0 Å². The molecule has 0 radical (unpaired) electrons. The molecule has 29 heavy (non-hydrogen) atoms. The molecule has 1 atom stereocenters. The van der Waals surface area contributed by atoms with Crippen LogP contribution in [0.5, 0.6) is 5.75 Å². The van der Waals surface area contributed by atoms with Crippen molar-refractivity contribution in [2.75, 3.05) is 27.2 Å². The average molecular weight is 417 g/mol. The van der Waals surface area contributed by atoms with Crippen molar-refractivity contribution < 1.29 is 22.7 Å². The lowest BCUT2D eigenvalue weighted by atomic mass is 9.92. The molecule has 3 rings (SSSR count). The smallest absolute Gasteiger partial charge is 0.325 e. The molecule has 0 saturated carbocycles. The molecule has 0 spiro atoms. The van der Waals surface area contributed by atoms with Gasteiger partial charge in [-0.25, -0.2) is 17.5 Å². The second-order valence-electron chi connectivity index (χ2n) is 6.99. The summed E-state index contributed by atoms with van der Waals surface area (Å²) in [5.41, 5.74) is -0.403. The zero-order valence-electron chi connectivity index (χ0n) is 16.5. The minimum atomic E-state index is -3.51. The van der Waals surface area contributed by atoms with Gasteiger partial charge in [0.15, 0.2) is 0 Å². The summed E-state index contributed by atoms with van der Waals surface area (Å²) in [7, 11) is -0.590. The first kappa shape index (κ1) is 20.8. The summed E-state index contributed by atoms with van der Waals surface area (Å²) in [5.74, 6) is 0.102. The second kappa shape index (κ2) is 7.84. The van der Waals surface area contributed by atoms with E-state index < -0.39 is 21.6 Å². The van der Waals surface area contributed by atoms with E-state index in [4.69, 9.17) is 4.74 Å². The molecule has 154 valence electrons. The lowest BCUT2D eigenvalue weighted by Gasteiger charge is -2.22. The highest BCUT2D eigenvalue weighted by Gasteiger charge is 2.48. The average Bonchev–Trinajstić information content (AvgIpc) is 2.93. The van der Waals surface area contributed by atoms with Gasteiger partial charge in [-0.3, -0.25) is 9.69 Å². The van der Waals surface area contributed by atoms with E-state index >= 15 is 0 Å². The van der Waals surface area contributed by atoms with Crippen LogP contribution in [0.3, 0.4) is 0 Å². The molecule has 1 aliphatic rings. The van der Waals surface area contributed by atoms with Crippen LogP contribution < -0.4 is 10.1 Å². The Balaban J connectivity index is 1.62. The molecule has 1 aliphatic heterocycles. The van der Waals surface area contributed by atoms with E-state index in [0.717, 1.165) is 9.21 Å². The fourth-order valence-electron chi connectivity index (χ4n) is 3.04. The molecule has 2 aromatic rings. The SMILES string of the molecule is CN(C)S(=O)(=O)c1ccc(OCCN2C(=O)NC(C)(c3ccccc3)C2=O)cc1. The number of carbonyl (C=O) groups excluding carboxylic acids is 2. The van der Waals surface area contributed by atoms with Gasteiger partial charge in [0.1, 0.15) is 17.9 Å². The maximum Gasteiger partial charge on any atom is 0.325 e. The van der Waals surface area contributed by atoms with E-state index in [1.807, 2.05) is 18.2 Å². The Kier molecular flexibility index (Phi) is 5.63. The highest BCUT2D eigenvalue weighted by Crippen LogP contribution is 2.28. The maximum atomic E-state index is 12.8. The quantitative estimate of drug-likeness (QED) is 0.693. The van der Waals surface area contributed by atoms with Gasteiger partial charge in [-0.15, -0.1) is 0 Å². The monoisotopic (exact) mass is 417 g/mol. The zero-order valence-corrected chi connectivity index (χ0v) is 17.3. The number of nitrogens with one attached hydrogen (secondary N) is 1. The molecule has 2 aromatic carbocycles. The first-order valence-corrected chi connectivity index (χ1v) is 10.5. The van der Waals surface area contributed by atoms with E-state index in [1.165, 1.54) is 38.4 Å². The molecular weight excluding hydrogens is 394 g/mol. The molecule has 1 unspecified atom stereocenters. The molecule has 1 N–H and O–H groups in total. The third kappa shape index (κ3) is 3.96. The largest absolute Gasteiger partial charge is 0.492 e. The summed E-state index contributed by atoms with van der Waals surface area (Å²) in [6.07, 6.45) is 0. The number of hydrogen-bond acceptors (Lipinski definition) is 5. The molecule has 9 heteroatoms. The molecule has 1 heterocycles. The first-order valence-electron chi connectivity index (χ1n) is 9.01. The Hall–Kier alpha value is -2.91. The number of imide groups is 1. The van der Waals surface area contributed by atoms with Crippen molar-refractivity contribution >= 4 is 22.0 Å². The zero-order chi connectivity index (χ0) is 21.2. The molecule has 0 bridgehead atoms. The summed E-state index contributed by atoms with van der Waals surface area (Å²) in [4.78, 5) is 26.4. The van der Waals surface area contributed by atoms with Crippen molar-refractivity contribution in [1.29, 1.82) is 0 Å². The highest BCUT2D eigenvalue weighted by molar-refractivity contribution is 7.89. The fourth-order valence-corrected chi connectivity index (χ4v) is 3.94. The Morgan fingerprint density at radius 1 is 1.03 bits per heavy atom. The van der Waals surface area contributed by atoms with Gasteiger partial charge < -0.3 is 10.1 Å². The number of nitrogens with zero attached hydrogens (tertiary/aromatic N) is 2. The van der Waals surface area contributed by atoms with Gasteiger partial charge in [0.25, 0.3) is 5.91 Å². The normalized spacial score (nSPS) is 19.5. The minimum absolute atomic E-state index is 0.0742. The lowest BCUT2D eigenvalue weighted by molar-refractivity contribution is -0.131. The summed E-state index contributed by atoms with van der Waals surface area (Å²) in [6, 6.07) is 14.6. The van der Waals surface area contributed by atoms with Gasteiger partial charge in [-0.2, -0.15) is 0 Å². The summed E-state index contributed by atoms with van der Waals surface area (Å²) < 4.78 is 30.9. The van der Waals surface area contributed by atoms with Crippen LogP contribution in [-0.2, 0) is 20.4 Å². The van der Waals surface area contributed by atoms with Gasteiger partial charge in [0.05, 0.1) is 11.4 Å². The van der Waals surface area contributed by atoms with Gasteiger partial charge >= 0.3 is 6.03 Å². The number of rotatable bonds is 7. The van der Waals surface area contributed by atoms with Crippen molar-refractivity contribution in [3.05, 3.63) is 60.2 Å². The first-order chi connectivity index (χ1) is 13.7. The second-order valence-corrected chi connectivity index (χ2v) is 9.14. The predicted molar refractivity (Wildman–Crippen MR) is 107 cm³/mol. The van der Waals surface area contributed by atoms with Crippen LogP contribution >= 0.6 is 0 Å². The Bertz CT molecular complexity index is 1010. The van der Waals surface area contributed by atoms with Gasteiger partial charge in [0, 0.05) is 14.1 Å². The van der Waals surface area contributed by atoms with Crippen molar-refractivity contribution in [1.82, 2.24) is 14.5 Å². The Morgan fingerprint density at radius 2 is 1.66 bits per heavy atom. The van der Waals surface area contributed by atoms with E-state index in [0.29, 0.717) is 11.3 Å². The van der Waals surface area contributed by atoms with Gasteiger partial charge in [-0.05, 0) is 36.8 Å². The number of hydrogen-bond donors (Lipinski definition) is 1. The Labute approximate surface area is 170 Å². The number of amides is 3. The molecule has 1 saturated heterocycles. The van der Waals surface area contributed by atoms with Crippen LogP contribution in [0.4, 0.5) is 4.79 Å². The van der Waals surface area contributed by atoms with Crippen LogP contribution in [0.1, 0.15) is 12.5 Å².